The molecule has 130 valence electrons. The Morgan fingerprint density at radius 3 is 2.40 bits per heavy atom. The number of primary sulfonamides is 1. The molecule has 0 fully saturated rings. The van der Waals surface area contributed by atoms with E-state index in [1.165, 1.54) is 12.1 Å². The first-order chi connectivity index (χ1) is 12.0. The summed E-state index contributed by atoms with van der Waals surface area (Å²) in [6.07, 6.45) is 0.741. The van der Waals surface area contributed by atoms with E-state index in [-0.39, 0.29) is 4.90 Å². The summed E-state index contributed by atoms with van der Waals surface area (Å²) >= 11 is 0. The summed E-state index contributed by atoms with van der Waals surface area (Å²) in [7, 11) is -3.64. The Hall–Kier alpha value is -2.55. The van der Waals surface area contributed by atoms with Crippen LogP contribution in [-0.4, -0.2) is 25.2 Å². The Kier molecular flexibility index (Phi) is 5.22. The zero-order chi connectivity index (χ0) is 17.7. The van der Waals surface area contributed by atoms with Gasteiger partial charge in [-0.2, -0.15) is 0 Å². The Morgan fingerprint density at radius 2 is 1.72 bits per heavy atom. The highest BCUT2D eigenvalue weighted by Gasteiger charge is 2.08. The summed E-state index contributed by atoms with van der Waals surface area (Å²) in [6.45, 7) is 1.16. The first-order valence-corrected chi connectivity index (χ1v) is 9.27. The van der Waals surface area contributed by atoms with Gasteiger partial charge in [0, 0.05) is 5.56 Å². The number of sulfonamides is 1. The predicted molar refractivity (Wildman–Crippen MR) is 93.0 cm³/mol. The van der Waals surface area contributed by atoms with Crippen LogP contribution >= 0.6 is 0 Å². The maximum atomic E-state index is 11.2. The molecule has 0 aliphatic rings. The van der Waals surface area contributed by atoms with Gasteiger partial charge in [0.25, 0.3) is 0 Å². The van der Waals surface area contributed by atoms with Gasteiger partial charge in [0.15, 0.2) is 0 Å². The molecule has 8 heteroatoms. The second kappa shape index (κ2) is 7.56. The van der Waals surface area contributed by atoms with E-state index < -0.39 is 10.0 Å². The van der Waals surface area contributed by atoms with Crippen LogP contribution in [0.1, 0.15) is 11.5 Å². The average Bonchev–Trinajstić information content (AvgIpc) is 3.08. The minimum absolute atomic E-state index is 0.114. The van der Waals surface area contributed by atoms with Gasteiger partial charge in [-0.1, -0.05) is 30.3 Å². The molecule has 0 bridgehead atoms. The van der Waals surface area contributed by atoms with Gasteiger partial charge in [-0.05, 0) is 42.8 Å². The monoisotopic (exact) mass is 358 g/mol. The summed E-state index contributed by atoms with van der Waals surface area (Å²) in [4.78, 5) is 0.114. The zero-order valence-corrected chi connectivity index (χ0v) is 14.2. The first-order valence-electron chi connectivity index (χ1n) is 7.72. The Bertz CT molecular complexity index is 922. The van der Waals surface area contributed by atoms with Crippen molar-refractivity contribution in [2.75, 3.05) is 6.54 Å². The number of nitrogens with two attached hydrogens (primary N) is 1. The third kappa shape index (κ3) is 4.72. The second-order valence-electron chi connectivity index (χ2n) is 5.48. The SMILES string of the molecule is NS(=O)(=O)c1ccc(CCNCc2nnc(-c3ccccc3)o2)cc1. The molecule has 3 rings (SSSR count). The van der Waals surface area contributed by atoms with Crippen molar-refractivity contribution in [3.05, 3.63) is 66.1 Å². The van der Waals surface area contributed by atoms with Gasteiger partial charge in [-0.3, -0.25) is 0 Å². The third-order valence-corrected chi connectivity index (χ3v) is 4.54. The molecule has 1 aromatic heterocycles. The van der Waals surface area contributed by atoms with Crippen LogP contribution in [0.4, 0.5) is 0 Å². The molecule has 3 N–H and O–H groups in total. The van der Waals surface area contributed by atoms with E-state index in [9.17, 15) is 8.42 Å². The number of hydrogen-bond acceptors (Lipinski definition) is 6. The molecule has 0 atom stereocenters. The standard InChI is InChI=1S/C17H18N4O3S/c18-25(22,23)15-8-6-13(7-9-15)10-11-19-12-16-20-21-17(24-16)14-4-2-1-3-5-14/h1-9,19H,10-12H2,(H2,18,22,23). The van der Waals surface area contributed by atoms with Crippen LogP contribution in [0.3, 0.4) is 0 Å². The molecule has 0 saturated carbocycles. The smallest absolute Gasteiger partial charge is 0.247 e. The van der Waals surface area contributed by atoms with Gasteiger partial charge >= 0.3 is 0 Å². The third-order valence-electron chi connectivity index (χ3n) is 3.61. The van der Waals surface area contributed by atoms with E-state index in [4.69, 9.17) is 9.56 Å². The quantitative estimate of drug-likeness (QED) is 0.622. The predicted octanol–water partition coefficient (Wildman–Crippen LogP) is 1.72. The van der Waals surface area contributed by atoms with Crippen molar-refractivity contribution in [1.82, 2.24) is 15.5 Å². The summed E-state index contributed by atoms with van der Waals surface area (Å²) in [5, 5.41) is 16.3. The molecule has 0 saturated heterocycles. The van der Waals surface area contributed by atoms with E-state index in [2.05, 4.69) is 15.5 Å². The molecule has 2 aromatic carbocycles. The van der Waals surface area contributed by atoms with Crippen molar-refractivity contribution >= 4 is 10.0 Å². The molecule has 0 spiro atoms. The van der Waals surface area contributed by atoms with Crippen LogP contribution < -0.4 is 10.5 Å². The molecule has 25 heavy (non-hydrogen) atoms. The van der Waals surface area contributed by atoms with Crippen LogP contribution in [0.2, 0.25) is 0 Å². The topological polar surface area (TPSA) is 111 Å². The molecule has 0 unspecified atom stereocenters. The molecule has 0 aliphatic heterocycles. The van der Waals surface area contributed by atoms with Gasteiger partial charge in [0.2, 0.25) is 21.8 Å². The highest BCUT2D eigenvalue weighted by molar-refractivity contribution is 7.89. The van der Waals surface area contributed by atoms with Gasteiger partial charge in [-0.25, -0.2) is 13.6 Å². The minimum Gasteiger partial charge on any atom is -0.419 e. The number of aromatic nitrogens is 2. The minimum atomic E-state index is -3.64. The van der Waals surface area contributed by atoms with E-state index >= 15 is 0 Å². The van der Waals surface area contributed by atoms with Gasteiger partial charge < -0.3 is 9.73 Å². The summed E-state index contributed by atoms with van der Waals surface area (Å²) in [6, 6.07) is 16.1. The van der Waals surface area contributed by atoms with Crippen LogP contribution in [0, 0.1) is 0 Å². The van der Waals surface area contributed by atoms with Crippen molar-refractivity contribution in [3.8, 4) is 11.5 Å². The largest absolute Gasteiger partial charge is 0.419 e. The Balaban J connectivity index is 1.48. The number of rotatable bonds is 7. The van der Waals surface area contributed by atoms with Gasteiger partial charge in [0.05, 0.1) is 11.4 Å². The second-order valence-corrected chi connectivity index (χ2v) is 7.04. The fraction of sp³-hybridized carbons (Fsp3) is 0.176. The van der Waals surface area contributed by atoms with Crippen molar-refractivity contribution in [2.24, 2.45) is 5.14 Å². The zero-order valence-electron chi connectivity index (χ0n) is 13.4. The Morgan fingerprint density at radius 1 is 1.00 bits per heavy atom. The normalized spacial score (nSPS) is 11.6. The number of benzene rings is 2. The van der Waals surface area contributed by atoms with Gasteiger partial charge in [-0.15, -0.1) is 10.2 Å². The summed E-state index contributed by atoms with van der Waals surface area (Å²) in [5.74, 6) is 1.01. The number of nitrogens with zero attached hydrogens (tertiary/aromatic N) is 2. The van der Waals surface area contributed by atoms with E-state index in [0.29, 0.717) is 24.9 Å². The highest BCUT2D eigenvalue weighted by atomic mass is 32.2. The molecule has 7 nitrogen and oxygen atoms in total. The van der Waals surface area contributed by atoms with E-state index in [1.54, 1.807) is 12.1 Å². The molecular formula is C17H18N4O3S. The lowest BCUT2D eigenvalue weighted by molar-refractivity contribution is 0.478. The molecular weight excluding hydrogens is 340 g/mol. The molecule has 0 radical (unpaired) electrons. The molecule has 3 aromatic rings. The van der Waals surface area contributed by atoms with Crippen molar-refractivity contribution in [1.29, 1.82) is 0 Å². The van der Waals surface area contributed by atoms with Gasteiger partial charge in [0.1, 0.15) is 0 Å². The fourth-order valence-electron chi connectivity index (χ4n) is 2.30. The van der Waals surface area contributed by atoms with Crippen LogP contribution in [0.15, 0.2) is 63.9 Å². The van der Waals surface area contributed by atoms with Crippen LogP contribution in [0.5, 0.6) is 0 Å². The lowest BCUT2D eigenvalue weighted by Gasteiger charge is -2.04. The van der Waals surface area contributed by atoms with Crippen LogP contribution in [0.25, 0.3) is 11.5 Å². The van der Waals surface area contributed by atoms with Crippen LogP contribution in [-0.2, 0) is 23.0 Å². The summed E-state index contributed by atoms with van der Waals surface area (Å²) in [5.41, 5.74) is 1.89. The number of nitrogens with one attached hydrogen (secondary N) is 1. The summed E-state index contributed by atoms with van der Waals surface area (Å²) < 4.78 is 28.0. The first kappa shape index (κ1) is 17.3. The van der Waals surface area contributed by atoms with E-state index in [0.717, 1.165) is 17.5 Å². The maximum Gasteiger partial charge on any atom is 0.247 e. The maximum absolute atomic E-state index is 11.2. The van der Waals surface area contributed by atoms with E-state index in [1.807, 2.05) is 30.3 Å². The Labute approximate surface area is 145 Å². The molecule has 0 amide bonds. The average molecular weight is 358 g/mol. The lowest BCUT2D eigenvalue weighted by Crippen LogP contribution is -2.17. The van der Waals surface area contributed by atoms with Crippen molar-refractivity contribution in [2.45, 2.75) is 17.9 Å². The molecule has 0 aliphatic carbocycles. The lowest BCUT2D eigenvalue weighted by atomic mass is 10.1. The number of hydrogen-bond donors (Lipinski definition) is 2. The fourth-order valence-corrected chi connectivity index (χ4v) is 2.81. The van der Waals surface area contributed by atoms with Crippen molar-refractivity contribution < 1.29 is 12.8 Å². The highest BCUT2D eigenvalue weighted by Crippen LogP contribution is 2.16. The van der Waals surface area contributed by atoms with Crippen molar-refractivity contribution in [3.63, 3.8) is 0 Å². The molecule has 1 heterocycles.